The van der Waals surface area contributed by atoms with Crippen LogP contribution >= 0.6 is 0 Å². The van der Waals surface area contributed by atoms with E-state index in [0.29, 0.717) is 18.5 Å². The Labute approximate surface area is 161 Å². The van der Waals surface area contributed by atoms with E-state index < -0.39 is 0 Å². The van der Waals surface area contributed by atoms with Crippen molar-refractivity contribution in [2.75, 3.05) is 13.1 Å². The number of aromatic nitrogens is 2. The van der Waals surface area contributed by atoms with E-state index in [1.165, 1.54) is 5.56 Å². The smallest absolute Gasteiger partial charge is 0.257 e. The van der Waals surface area contributed by atoms with Crippen LogP contribution in [0, 0.1) is 12.8 Å². The van der Waals surface area contributed by atoms with E-state index in [1.54, 1.807) is 6.20 Å². The molecule has 5 heteroatoms. The Hall–Kier alpha value is -2.43. The van der Waals surface area contributed by atoms with Crippen LogP contribution in [-0.4, -0.2) is 39.5 Å². The molecule has 2 heterocycles. The third kappa shape index (κ3) is 4.65. The van der Waals surface area contributed by atoms with Gasteiger partial charge in [-0.2, -0.15) is 5.10 Å². The number of aryl methyl sites for hydroxylation is 2. The first-order chi connectivity index (χ1) is 13.1. The topological polar surface area (TPSA) is 55.2 Å². The summed E-state index contributed by atoms with van der Waals surface area (Å²) >= 11 is 0. The van der Waals surface area contributed by atoms with Crippen molar-refractivity contribution in [2.24, 2.45) is 5.92 Å². The summed E-state index contributed by atoms with van der Waals surface area (Å²) in [5.41, 5.74) is 2.77. The molecule has 0 N–H and O–H groups in total. The summed E-state index contributed by atoms with van der Waals surface area (Å²) < 4.78 is 1.89. The highest BCUT2D eigenvalue weighted by atomic mass is 16.2. The maximum absolute atomic E-state index is 12.9. The van der Waals surface area contributed by atoms with Crippen molar-refractivity contribution in [3.05, 3.63) is 53.3 Å². The highest BCUT2D eigenvalue weighted by Gasteiger charge is 2.29. The van der Waals surface area contributed by atoms with Crippen LogP contribution in [0.1, 0.15) is 54.2 Å². The quantitative estimate of drug-likeness (QED) is 0.750. The number of carbonyl (C=O) groups excluding carboxylic acids is 2. The van der Waals surface area contributed by atoms with Gasteiger partial charge in [0.2, 0.25) is 0 Å². The van der Waals surface area contributed by atoms with Gasteiger partial charge in [-0.3, -0.25) is 14.3 Å². The Morgan fingerprint density at radius 1 is 1.22 bits per heavy atom. The molecule has 1 amide bonds. The van der Waals surface area contributed by atoms with E-state index in [2.05, 4.69) is 24.2 Å². The second kappa shape index (κ2) is 8.98. The number of hydrogen-bond donors (Lipinski definition) is 0. The van der Waals surface area contributed by atoms with Crippen molar-refractivity contribution in [3.63, 3.8) is 0 Å². The lowest BCUT2D eigenvalue weighted by molar-refractivity contribution is -0.124. The Morgan fingerprint density at radius 2 is 2.00 bits per heavy atom. The van der Waals surface area contributed by atoms with Crippen LogP contribution in [0.25, 0.3) is 0 Å². The van der Waals surface area contributed by atoms with Crippen LogP contribution in [0.3, 0.4) is 0 Å². The normalized spacial score (nSPS) is 17.1. The predicted octanol–water partition coefficient (Wildman–Crippen LogP) is 3.66. The van der Waals surface area contributed by atoms with Gasteiger partial charge in [-0.25, -0.2) is 0 Å². The molecule has 1 aromatic carbocycles. The fourth-order valence-electron chi connectivity index (χ4n) is 3.80. The van der Waals surface area contributed by atoms with E-state index in [-0.39, 0.29) is 17.6 Å². The van der Waals surface area contributed by atoms with Crippen molar-refractivity contribution < 1.29 is 9.59 Å². The van der Waals surface area contributed by atoms with Gasteiger partial charge in [0, 0.05) is 37.7 Å². The highest BCUT2D eigenvalue weighted by molar-refractivity contribution is 5.95. The van der Waals surface area contributed by atoms with Crippen molar-refractivity contribution in [3.8, 4) is 0 Å². The summed E-state index contributed by atoms with van der Waals surface area (Å²) in [5.74, 6) is 0.238. The SMILES string of the molecule is CCCn1ncc(C(=O)N2CCC[C@@H](C(=O)CCc3ccccc3)C2)c1C. The minimum atomic E-state index is -0.0441. The number of benzene rings is 1. The van der Waals surface area contributed by atoms with Gasteiger partial charge < -0.3 is 4.90 Å². The molecule has 0 radical (unpaired) electrons. The number of Topliss-reactive ketones (excluding diaryl/α,β-unsaturated/α-hetero) is 1. The van der Waals surface area contributed by atoms with Gasteiger partial charge in [-0.15, -0.1) is 0 Å². The fraction of sp³-hybridized carbons (Fsp3) is 0.500. The molecule has 1 saturated heterocycles. The zero-order valence-corrected chi connectivity index (χ0v) is 16.4. The molecule has 1 aromatic heterocycles. The van der Waals surface area contributed by atoms with Crippen LogP contribution in [0.4, 0.5) is 0 Å². The number of carbonyl (C=O) groups is 2. The molecule has 1 aliphatic heterocycles. The summed E-state index contributed by atoms with van der Waals surface area (Å²) in [6, 6.07) is 10.1. The van der Waals surface area contributed by atoms with E-state index in [9.17, 15) is 9.59 Å². The zero-order valence-electron chi connectivity index (χ0n) is 16.4. The molecule has 1 aliphatic rings. The summed E-state index contributed by atoms with van der Waals surface area (Å²) in [5, 5.41) is 4.34. The Bertz CT molecular complexity index is 782. The molecule has 0 spiro atoms. The maximum Gasteiger partial charge on any atom is 0.257 e. The molecule has 2 aromatic rings. The first-order valence-corrected chi connectivity index (χ1v) is 9.98. The molecule has 144 valence electrons. The van der Waals surface area contributed by atoms with Gasteiger partial charge in [0.25, 0.3) is 5.91 Å². The molecular weight excluding hydrogens is 338 g/mol. The average Bonchev–Trinajstić information content (AvgIpc) is 3.07. The third-order valence-electron chi connectivity index (χ3n) is 5.44. The second-order valence-corrected chi connectivity index (χ2v) is 7.41. The van der Waals surface area contributed by atoms with E-state index >= 15 is 0 Å². The van der Waals surface area contributed by atoms with Gasteiger partial charge in [0.15, 0.2) is 0 Å². The van der Waals surface area contributed by atoms with Crippen LogP contribution in [-0.2, 0) is 17.8 Å². The molecule has 27 heavy (non-hydrogen) atoms. The van der Waals surface area contributed by atoms with Crippen molar-refractivity contribution in [1.82, 2.24) is 14.7 Å². The van der Waals surface area contributed by atoms with Crippen LogP contribution in [0.15, 0.2) is 36.5 Å². The van der Waals surface area contributed by atoms with Gasteiger partial charge in [-0.05, 0) is 38.2 Å². The summed E-state index contributed by atoms with van der Waals surface area (Å²) in [7, 11) is 0. The number of ketones is 1. The predicted molar refractivity (Wildman–Crippen MR) is 106 cm³/mol. The number of amides is 1. The number of piperidine rings is 1. The maximum atomic E-state index is 12.9. The van der Waals surface area contributed by atoms with Crippen LogP contribution in [0.5, 0.6) is 0 Å². The summed E-state index contributed by atoms with van der Waals surface area (Å²) in [6.07, 6.45) is 5.74. The van der Waals surface area contributed by atoms with Crippen molar-refractivity contribution >= 4 is 11.7 Å². The Morgan fingerprint density at radius 3 is 2.74 bits per heavy atom. The molecule has 0 aliphatic carbocycles. The second-order valence-electron chi connectivity index (χ2n) is 7.41. The largest absolute Gasteiger partial charge is 0.338 e. The number of nitrogens with zero attached hydrogens (tertiary/aromatic N) is 3. The van der Waals surface area contributed by atoms with E-state index in [4.69, 9.17) is 0 Å². The minimum absolute atomic E-state index is 0.00964. The molecule has 5 nitrogen and oxygen atoms in total. The molecule has 1 atom stereocenters. The van der Waals surface area contributed by atoms with Gasteiger partial charge in [0.05, 0.1) is 11.8 Å². The van der Waals surface area contributed by atoms with Crippen LogP contribution in [0.2, 0.25) is 0 Å². The molecule has 0 saturated carbocycles. The number of rotatable bonds is 7. The number of likely N-dealkylation sites (tertiary alicyclic amines) is 1. The molecular formula is C22H29N3O2. The average molecular weight is 367 g/mol. The molecule has 0 bridgehead atoms. The first-order valence-electron chi connectivity index (χ1n) is 9.98. The minimum Gasteiger partial charge on any atom is -0.338 e. The third-order valence-corrected chi connectivity index (χ3v) is 5.44. The lowest BCUT2D eigenvalue weighted by atomic mass is 9.90. The monoisotopic (exact) mass is 367 g/mol. The Kier molecular flexibility index (Phi) is 6.43. The zero-order chi connectivity index (χ0) is 19.2. The van der Waals surface area contributed by atoms with Crippen molar-refractivity contribution in [1.29, 1.82) is 0 Å². The molecule has 0 unspecified atom stereocenters. The van der Waals surface area contributed by atoms with Gasteiger partial charge in [0.1, 0.15) is 5.78 Å². The van der Waals surface area contributed by atoms with E-state index in [0.717, 1.165) is 44.5 Å². The summed E-state index contributed by atoms with van der Waals surface area (Å²) in [6.45, 7) is 6.12. The van der Waals surface area contributed by atoms with Gasteiger partial charge in [-0.1, -0.05) is 37.3 Å². The number of hydrogen-bond acceptors (Lipinski definition) is 3. The van der Waals surface area contributed by atoms with Crippen molar-refractivity contribution in [2.45, 2.75) is 52.5 Å². The lowest BCUT2D eigenvalue weighted by Crippen LogP contribution is -2.42. The Balaban J connectivity index is 1.60. The molecule has 3 rings (SSSR count). The van der Waals surface area contributed by atoms with E-state index in [1.807, 2.05) is 34.7 Å². The lowest BCUT2D eigenvalue weighted by Gasteiger charge is -2.32. The fourth-order valence-corrected chi connectivity index (χ4v) is 3.80. The highest BCUT2D eigenvalue weighted by Crippen LogP contribution is 2.22. The standard InChI is InChI=1S/C22H29N3O2/c1-3-13-25-17(2)20(15-23-25)22(27)24-14-7-10-19(16-24)21(26)12-11-18-8-5-4-6-9-18/h4-6,8-9,15,19H,3,7,10-14,16H2,1-2H3/t19-/m1/s1. The molecule has 1 fully saturated rings. The van der Waals surface area contributed by atoms with Crippen LogP contribution < -0.4 is 0 Å². The van der Waals surface area contributed by atoms with Gasteiger partial charge >= 0.3 is 0 Å². The summed E-state index contributed by atoms with van der Waals surface area (Å²) in [4.78, 5) is 27.5. The first kappa shape index (κ1) is 19.3.